The van der Waals surface area contributed by atoms with Crippen LogP contribution >= 0.6 is 0 Å². The molecule has 0 N–H and O–H groups in total. The monoisotopic (exact) mass is 150 g/mol. The molecule has 0 unspecified atom stereocenters. The van der Waals surface area contributed by atoms with Crippen LogP contribution in [0.3, 0.4) is 0 Å². The molecule has 0 radical (unpaired) electrons. The third-order valence-electron chi connectivity index (χ3n) is 2.00. The third-order valence-corrected chi connectivity index (χ3v) is 5.85. The van der Waals surface area contributed by atoms with Gasteiger partial charge >= 0.3 is 0 Å². The molecule has 0 aliphatic heterocycles. The molecule has 0 fully saturated rings. The van der Waals surface area contributed by atoms with Gasteiger partial charge in [-0.25, -0.2) is 0 Å². The van der Waals surface area contributed by atoms with E-state index in [2.05, 4.69) is 37.8 Å². The largest absolute Gasteiger partial charge is 0.136 e. The maximum atomic E-state index is 5.04. The van der Waals surface area contributed by atoms with Crippen LogP contribution in [0.25, 0.3) is 0 Å². The third kappa shape index (κ3) is 2.76. The van der Waals surface area contributed by atoms with Crippen molar-refractivity contribution in [3.63, 3.8) is 0 Å². The van der Waals surface area contributed by atoms with Gasteiger partial charge in [-0.1, -0.05) is 20.4 Å². The number of hydrogen-bond donors (Lipinski definition) is 0. The first-order valence-corrected chi connectivity index (χ1v) is 6.57. The van der Waals surface area contributed by atoms with Crippen LogP contribution in [-0.2, 0) is 0 Å². The lowest BCUT2D eigenvalue weighted by Gasteiger charge is -2.14. The topological polar surface area (TPSA) is 0 Å². The molecular weight excluding hydrogens is 136 g/mol. The van der Waals surface area contributed by atoms with Crippen molar-refractivity contribution in [2.24, 2.45) is 0 Å². The molecule has 0 spiro atoms. The van der Waals surface area contributed by atoms with Crippen molar-refractivity contribution >= 4 is 8.07 Å². The van der Waals surface area contributed by atoms with Crippen molar-refractivity contribution in [1.29, 1.82) is 0 Å². The van der Waals surface area contributed by atoms with E-state index in [0.29, 0.717) is 0 Å². The second-order valence-electron chi connectivity index (χ2n) is 2.66. The molecule has 1 heteroatoms. The summed E-state index contributed by atoms with van der Waals surface area (Å²) in [7, 11) is -1.22. The zero-order chi connectivity index (χ0) is 8.04. The average Bonchev–Trinajstić information content (AvgIpc) is 2.00. The minimum atomic E-state index is -1.22. The van der Waals surface area contributed by atoms with Crippen LogP contribution in [0.5, 0.6) is 0 Å². The first-order valence-electron chi connectivity index (χ1n) is 3.66. The van der Waals surface area contributed by atoms with Crippen molar-refractivity contribution < 1.29 is 0 Å². The first-order chi connectivity index (χ1) is 4.68. The molecule has 0 atom stereocenters. The highest BCUT2D eigenvalue weighted by Crippen LogP contribution is 2.12. The molecule has 0 saturated heterocycles. The lowest BCUT2D eigenvalue weighted by molar-refractivity contribution is 1.28. The summed E-state index contributed by atoms with van der Waals surface area (Å²) in [5, 5.41) is 0. The fraction of sp³-hybridized carbons (Fsp3) is 0.556. The van der Waals surface area contributed by atoms with Gasteiger partial charge in [0.25, 0.3) is 0 Å². The normalized spacial score (nSPS) is 9.40. The van der Waals surface area contributed by atoms with E-state index in [1.54, 1.807) is 0 Å². The zero-order valence-corrected chi connectivity index (χ0v) is 7.99. The van der Waals surface area contributed by atoms with Gasteiger partial charge in [0.2, 0.25) is 0 Å². The van der Waals surface area contributed by atoms with Crippen LogP contribution in [0, 0.1) is 23.8 Å². The molecule has 0 aromatic rings. The van der Waals surface area contributed by atoms with Crippen molar-refractivity contribution in [2.45, 2.75) is 32.5 Å². The van der Waals surface area contributed by atoms with E-state index in [4.69, 9.17) is 6.42 Å². The van der Waals surface area contributed by atoms with Crippen LogP contribution in [0.1, 0.15) is 13.8 Å². The molecule has 0 aliphatic rings. The van der Waals surface area contributed by atoms with Gasteiger partial charge in [0.1, 0.15) is 8.07 Å². The van der Waals surface area contributed by atoms with Gasteiger partial charge in [0.15, 0.2) is 0 Å². The van der Waals surface area contributed by atoms with Crippen LogP contribution in [0.2, 0.25) is 18.6 Å². The Bertz CT molecular complexity index is 183. The van der Waals surface area contributed by atoms with Crippen LogP contribution < -0.4 is 0 Å². The quantitative estimate of drug-likeness (QED) is 0.418. The number of terminal acetylenes is 1. The summed E-state index contributed by atoms with van der Waals surface area (Å²) in [6, 6.07) is 2.41. The fourth-order valence-electron chi connectivity index (χ4n) is 0.614. The molecule has 0 aromatic carbocycles. The Balaban J connectivity index is 4.23. The molecule has 54 valence electrons. The van der Waals surface area contributed by atoms with E-state index < -0.39 is 8.07 Å². The van der Waals surface area contributed by atoms with E-state index in [1.807, 2.05) is 0 Å². The van der Waals surface area contributed by atoms with E-state index in [0.717, 1.165) is 0 Å². The Morgan fingerprint density at radius 3 is 2.10 bits per heavy atom. The summed E-state index contributed by atoms with van der Waals surface area (Å²) in [5.41, 5.74) is 3.20. The van der Waals surface area contributed by atoms with E-state index in [1.165, 1.54) is 12.1 Å². The summed E-state index contributed by atoms with van der Waals surface area (Å²) < 4.78 is 0. The molecule has 0 saturated carbocycles. The Kier molecular flexibility index (Phi) is 3.92. The van der Waals surface area contributed by atoms with Gasteiger partial charge in [-0.05, 0) is 23.9 Å². The average molecular weight is 150 g/mol. The maximum absolute atomic E-state index is 5.04. The lowest BCUT2D eigenvalue weighted by Crippen LogP contribution is -2.25. The highest BCUT2D eigenvalue weighted by molar-refractivity contribution is 6.86. The van der Waals surface area contributed by atoms with Crippen molar-refractivity contribution in [1.82, 2.24) is 0 Å². The first kappa shape index (κ1) is 9.34. The standard InChI is InChI=1S/C9H14Si/c1-5-8-9-10(4,6-2)7-3/h1H,6-7H2,2-4H3. The molecule has 0 heterocycles. The minimum Gasteiger partial charge on any atom is -0.118 e. The molecule has 0 amide bonds. The van der Waals surface area contributed by atoms with E-state index in [-0.39, 0.29) is 0 Å². The second kappa shape index (κ2) is 4.20. The SMILES string of the molecule is C#CC#C[Si](C)(CC)CC. The Morgan fingerprint density at radius 2 is 1.80 bits per heavy atom. The minimum absolute atomic E-state index is 1.21. The van der Waals surface area contributed by atoms with Crippen LogP contribution in [0.15, 0.2) is 0 Å². The molecule has 0 nitrogen and oxygen atoms in total. The summed E-state index contributed by atoms with van der Waals surface area (Å²) >= 11 is 0. The van der Waals surface area contributed by atoms with Gasteiger partial charge in [0.05, 0.1) is 0 Å². The predicted molar refractivity (Wildman–Crippen MR) is 49.2 cm³/mol. The molecule has 0 bridgehead atoms. The van der Waals surface area contributed by atoms with E-state index >= 15 is 0 Å². The van der Waals surface area contributed by atoms with Gasteiger partial charge < -0.3 is 0 Å². The molecule has 10 heavy (non-hydrogen) atoms. The van der Waals surface area contributed by atoms with Gasteiger partial charge in [-0.15, -0.1) is 12.0 Å². The Hall–Kier alpha value is -0.663. The highest BCUT2D eigenvalue weighted by Gasteiger charge is 2.18. The summed E-state index contributed by atoms with van der Waals surface area (Å²) in [4.78, 5) is 0. The maximum Gasteiger partial charge on any atom is 0.136 e. The van der Waals surface area contributed by atoms with Gasteiger partial charge in [-0.2, -0.15) is 0 Å². The summed E-state index contributed by atoms with van der Waals surface area (Å²) in [5.74, 6) is 5.10. The van der Waals surface area contributed by atoms with Gasteiger partial charge in [-0.3, -0.25) is 0 Å². The molecular formula is C9H14Si. The number of hydrogen-bond acceptors (Lipinski definition) is 0. The molecule has 0 aromatic heterocycles. The van der Waals surface area contributed by atoms with Crippen molar-refractivity contribution in [3.8, 4) is 23.8 Å². The van der Waals surface area contributed by atoms with Crippen LogP contribution in [0.4, 0.5) is 0 Å². The predicted octanol–water partition coefficient (Wildman–Crippen LogP) is 2.28. The highest BCUT2D eigenvalue weighted by atomic mass is 28.3. The van der Waals surface area contributed by atoms with E-state index in [9.17, 15) is 0 Å². The Morgan fingerprint density at radius 1 is 1.30 bits per heavy atom. The lowest BCUT2D eigenvalue weighted by atomic mass is 10.7. The number of rotatable bonds is 2. The Labute approximate surface area is 65.0 Å². The summed E-state index contributed by atoms with van der Waals surface area (Å²) in [6.07, 6.45) is 5.04. The smallest absolute Gasteiger partial charge is 0.118 e. The second-order valence-corrected chi connectivity index (χ2v) is 7.45. The molecule has 0 rings (SSSR count). The molecule has 0 aliphatic carbocycles. The van der Waals surface area contributed by atoms with Crippen molar-refractivity contribution in [2.75, 3.05) is 0 Å². The summed E-state index contributed by atoms with van der Waals surface area (Å²) in [6.45, 7) is 6.67. The van der Waals surface area contributed by atoms with Crippen LogP contribution in [-0.4, -0.2) is 8.07 Å². The van der Waals surface area contributed by atoms with Gasteiger partial charge in [0, 0.05) is 0 Å². The zero-order valence-electron chi connectivity index (χ0n) is 6.99. The fourth-order valence-corrected chi connectivity index (χ4v) is 1.84. The van der Waals surface area contributed by atoms with Crippen molar-refractivity contribution in [3.05, 3.63) is 0 Å².